The van der Waals surface area contributed by atoms with Gasteiger partial charge in [0.05, 0.1) is 11.4 Å². The summed E-state index contributed by atoms with van der Waals surface area (Å²) in [6.07, 6.45) is 0. The van der Waals surface area contributed by atoms with Gasteiger partial charge in [0, 0.05) is 29.6 Å². The minimum atomic E-state index is 0.333. The summed E-state index contributed by atoms with van der Waals surface area (Å²) < 4.78 is 0. The van der Waals surface area contributed by atoms with Crippen molar-refractivity contribution in [1.29, 1.82) is 0 Å². The molecule has 24 heavy (non-hydrogen) atoms. The molecule has 2 rings (SSSR count). The van der Waals surface area contributed by atoms with Crippen molar-refractivity contribution in [2.75, 3.05) is 19.0 Å². The molecule has 1 aromatic heterocycles. The van der Waals surface area contributed by atoms with E-state index in [-0.39, 0.29) is 0 Å². The van der Waals surface area contributed by atoms with Gasteiger partial charge in [0.1, 0.15) is 0 Å². The van der Waals surface area contributed by atoms with E-state index in [2.05, 4.69) is 16.5 Å². The molecule has 0 bridgehead atoms. The molecule has 1 heterocycles. The van der Waals surface area contributed by atoms with Crippen LogP contribution in [0.25, 0.3) is 16.2 Å². The summed E-state index contributed by atoms with van der Waals surface area (Å²) in [6, 6.07) is 9.74. The number of nitrogens with two attached hydrogens (primary N) is 2. The minimum Gasteiger partial charge on any atom is -0.347 e. The zero-order valence-electron chi connectivity index (χ0n) is 14.5. The van der Waals surface area contributed by atoms with E-state index in [0.29, 0.717) is 27.6 Å². The van der Waals surface area contributed by atoms with Crippen LogP contribution >= 0.6 is 23.5 Å². The minimum absolute atomic E-state index is 0.333. The molecule has 0 aliphatic carbocycles. The Labute approximate surface area is 153 Å². The molecule has 7 heteroatoms. The number of benzene rings is 1. The van der Waals surface area contributed by atoms with E-state index in [1.165, 1.54) is 0 Å². The lowest BCUT2D eigenvalue weighted by Crippen LogP contribution is -2.14. The molecule has 0 atom stereocenters. The van der Waals surface area contributed by atoms with Gasteiger partial charge in [-0.25, -0.2) is 9.97 Å². The van der Waals surface area contributed by atoms with Crippen LogP contribution < -0.4 is 15.8 Å². The van der Waals surface area contributed by atoms with Gasteiger partial charge in [-0.3, -0.25) is 5.14 Å². The summed E-state index contributed by atoms with van der Waals surface area (Å²) in [6.45, 7) is 7.79. The van der Waals surface area contributed by atoms with Crippen LogP contribution in [-0.4, -0.2) is 30.1 Å². The first-order valence-corrected chi connectivity index (χ1v) is 8.65. The Balaban J connectivity index is 0.000000648. The highest BCUT2D eigenvalue weighted by atomic mass is 35.5. The molecule has 2 aromatic rings. The maximum atomic E-state index is 6.23. The highest BCUT2D eigenvalue weighted by Crippen LogP contribution is 2.30. The third-order valence-corrected chi connectivity index (χ3v) is 3.52. The van der Waals surface area contributed by atoms with E-state index in [9.17, 15) is 0 Å². The maximum absolute atomic E-state index is 6.23. The summed E-state index contributed by atoms with van der Waals surface area (Å²) in [5.74, 6) is 0.590. The lowest BCUT2D eigenvalue weighted by Gasteiger charge is -2.14. The largest absolute Gasteiger partial charge is 0.347 e. The summed E-state index contributed by atoms with van der Waals surface area (Å²) >= 11 is 7.30. The lowest BCUT2D eigenvalue weighted by atomic mass is 10.1. The maximum Gasteiger partial charge on any atom is 0.225 e. The monoisotopic (exact) mass is 365 g/mol. The summed E-state index contributed by atoms with van der Waals surface area (Å²) in [7, 11) is 3.77. The Bertz CT molecular complexity index is 686. The molecule has 0 spiro atoms. The van der Waals surface area contributed by atoms with Crippen LogP contribution in [0.3, 0.4) is 0 Å². The Morgan fingerprint density at radius 1 is 1.25 bits per heavy atom. The van der Waals surface area contributed by atoms with Gasteiger partial charge in [0.25, 0.3) is 0 Å². The first kappa shape index (κ1) is 20.4. The van der Waals surface area contributed by atoms with Gasteiger partial charge >= 0.3 is 0 Å². The van der Waals surface area contributed by atoms with Crippen molar-refractivity contribution < 1.29 is 0 Å². The number of anilines is 1. The Hall–Kier alpha value is -1.60. The van der Waals surface area contributed by atoms with E-state index in [0.717, 1.165) is 23.2 Å². The van der Waals surface area contributed by atoms with Crippen molar-refractivity contribution in [3.8, 4) is 11.3 Å². The van der Waals surface area contributed by atoms with Gasteiger partial charge in [-0.05, 0) is 30.1 Å². The zero-order valence-corrected chi connectivity index (χ0v) is 16.0. The Morgan fingerprint density at radius 3 is 2.33 bits per heavy atom. The third-order valence-electron chi connectivity index (χ3n) is 2.69. The Morgan fingerprint density at radius 2 is 1.83 bits per heavy atom. The molecular weight excluding hydrogens is 342 g/mol. The highest BCUT2D eigenvalue weighted by Gasteiger charge is 2.12. The molecule has 1 aromatic carbocycles. The lowest BCUT2D eigenvalue weighted by molar-refractivity contribution is 0.834. The number of halogens is 1. The molecule has 0 radical (unpaired) electrons. The molecule has 0 unspecified atom stereocenters. The number of aromatic nitrogens is 2. The molecule has 130 valence electrons. The van der Waals surface area contributed by atoms with Crippen molar-refractivity contribution in [2.24, 2.45) is 10.9 Å². The standard InChI is InChI=1S/C14H15ClN4S.C3H9N/c1-9(20-16)12-8-13(18-14(17-12)19(2)3)10-6-4-5-7-11(10)15;1-3(2)4/h4-8H,1,16H2,2-3H3;3H,4H2,1-2H3. The molecule has 0 amide bonds. The van der Waals surface area contributed by atoms with Gasteiger partial charge in [-0.15, -0.1) is 0 Å². The zero-order chi connectivity index (χ0) is 18.3. The van der Waals surface area contributed by atoms with Gasteiger partial charge in [0.2, 0.25) is 5.95 Å². The normalized spacial score (nSPS) is 10.2. The molecule has 0 fully saturated rings. The molecule has 5 nitrogen and oxygen atoms in total. The summed E-state index contributed by atoms with van der Waals surface area (Å²) in [4.78, 5) is 11.5. The van der Waals surface area contributed by atoms with E-state index < -0.39 is 0 Å². The van der Waals surface area contributed by atoms with Gasteiger partial charge in [-0.2, -0.15) is 0 Å². The van der Waals surface area contributed by atoms with Gasteiger partial charge in [-0.1, -0.05) is 50.2 Å². The number of hydrogen-bond acceptors (Lipinski definition) is 6. The SMILES string of the molecule is C=C(SN)c1cc(-c2ccccc2Cl)nc(N(C)C)n1.CC(C)N. The van der Waals surface area contributed by atoms with Gasteiger partial charge < -0.3 is 10.6 Å². The van der Waals surface area contributed by atoms with E-state index in [1.54, 1.807) is 0 Å². The fraction of sp³-hybridized carbons (Fsp3) is 0.294. The van der Waals surface area contributed by atoms with E-state index in [1.807, 2.05) is 63.2 Å². The predicted molar refractivity (Wildman–Crippen MR) is 107 cm³/mol. The van der Waals surface area contributed by atoms with E-state index in [4.69, 9.17) is 22.5 Å². The fourth-order valence-electron chi connectivity index (χ4n) is 1.64. The second kappa shape index (κ2) is 9.64. The van der Waals surface area contributed by atoms with Crippen molar-refractivity contribution in [2.45, 2.75) is 19.9 Å². The van der Waals surface area contributed by atoms with Crippen LogP contribution in [-0.2, 0) is 0 Å². The molecule has 0 aliphatic heterocycles. The predicted octanol–water partition coefficient (Wildman–Crippen LogP) is 3.79. The van der Waals surface area contributed by atoms with Gasteiger partial charge in [0.15, 0.2) is 0 Å². The number of hydrogen-bond donors (Lipinski definition) is 2. The summed E-state index contributed by atoms with van der Waals surface area (Å²) in [5.41, 5.74) is 7.42. The van der Waals surface area contributed by atoms with Crippen LogP contribution in [0.15, 0.2) is 36.9 Å². The average Bonchev–Trinajstić information content (AvgIpc) is 2.53. The number of rotatable bonds is 4. The third kappa shape index (κ3) is 6.13. The van der Waals surface area contributed by atoms with E-state index >= 15 is 0 Å². The average molecular weight is 366 g/mol. The summed E-state index contributed by atoms with van der Waals surface area (Å²) in [5, 5.41) is 6.21. The second-order valence-electron chi connectivity index (χ2n) is 5.60. The first-order valence-electron chi connectivity index (χ1n) is 7.39. The highest BCUT2D eigenvalue weighted by molar-refractivity contribution is 8.06. The van der Waals surface area contributed by atoms with Crippen LogP contribution in [0.2, 0.25) is 5.02 Å². The Kier molecular flexibility index (Phi) is 8.21. The number of nitrogens with zero attached hydrogens (tertiary/aromatic N) is 3. The fourth-order valence-corrected chi connectivity index (χ4v) is 2.10. The van der Waals surface area contributed by atoms with Crippen LogP contribution in [0.4, 0.5) is 5.95 Å². The molecule has 0 saturated heterocycles. The van der Waals surface area contributed by atoms with Crippen molar-refractivity contribution in [3.05, 3.63) is 47.6 Å². The smallest absolute Gasteiger partial charge is 0.225 e. The van der Waals surface area contributed by atoms with Crippen molar-refractivity contribution in [1.82, 2.24) is 9.97 Å². The van der Waals surface area contributed by atoms with Crippen LogP contribution in [0, 0.1) is 0 Å². The molecule has 0 saturated carbocycles. The van der Waals surface area contributed by atoms with Crippen LogP contribution in [0.5, 0.6) is 0 Å². The molecular formula is C17H24ClN5S. The van der Waals surface area contributed by atoms with Crippen molar-refractivity contribution >= 4 is 34.4 Å². The quantitative estimate of drug-likeness (QED) is 0.802. The van der Waals surface area contributed by atoms with Crippen LogP contribution in [0.1, 0.15) is 19.5 Å². The molecule has 4 N–H and O–H groups in total. The van der Waals surface area contributed by atoms with Crippen molar-refractivity contribution in [3.63, 3.8) is 0 Å². The topological polar surface area (TPSA) is 81.1 Å². The second-order valence-corrected chi connectivity index (χ2v) is 6.73. The molecule has 0 aliphatic rings. The first-order chi connectivity index (χ1) is 11.3.